The van der Waals surface area contributed by atoms with Gasteiger partial charge in [-0.3, -0.25) is 0 Å². The summed E-state index contributed by atoms with van der Waals surface area (Å²) in [5, 5.41) is 3.35. The van der Waals surface area contributed by atoms with Crippen molar-refractivity contribution in [2.75, 3.05) is 5.32 Å². The normalized spacial score (nSPS) is 13.7. The van der Waals surface area contributed by atoms with Gasteiger partial charge in [-0.25, -0.2) is 15.0 Å². The van der Waals surface area contributed by atoms with Crippen LogP contribution in [0.2, 0.25) is 0 Å². The summed E-state index contributed by atoms with van der Waals surface area (Å²) in [6, 6.07) is 1.97. The Hall–Kier alpha value is -1.91. The van der Waals surface area contributed by atoms with Gasteiger partial charge in [0.05, 0.1) is 18.4 Å². The molecule has 3 heterocycles. The Balaban J connectivity index is 1.74. The summed E-state index contributed by atoms with van der Waals surface area (Å²) in [7, 11) is 0. The Kier molecular flexibility index (Phi) is 2.74. The van der Waals surface area contributed by atoms with E-state index in [0.717, 1.165) is 36.8 Å². The van der Waals surface area contributed by atoms with Gasteiger partial charge in [-0.15, -0.1) is 0 Å². The number of anilines is 1. The van der Waals surface area contributed by atoms with Crippen molar-refractivity contribution in [3.05, 3.63) is 35.3 Å². The lowest BCUT2D eigenvalue weighted by Crippen LogP contribution is -2.08. The van der Waals surface area contributed by atoms with Gasteiger partial charge in [0.2, 0.25) is 0 Å². The van der Waals surface area contributed by atoms with Crippen molar-refractivity contribution in [2.24, 2.45) is 0 Å². The fraction of sp³-hybridized carbons (Fsp3) is 0.462. The van der Waals surface area contributed by atoms with E-state index in [1.165, 1.54) is 17.9 Å². The number of imidazole rings is 1. The number of rotatable bonds is 3. The van der Waals surface area contributed by atoms with Crippen LogP contribution in [0.1, 0.15) is 29.5 Å². The third-order valence-electron chi connectivity index (χ3n) is 3.22. The summed E-state index contributed by atoms with van der Waals surface area (Å²) in [5.41, 5.74) is 2.22. The molecule has 0 unspecified atom stereocenters. The molecular weight excluding hydrogens is 226 g/mol. The van der Waals surface area contributed by atoms with Gasteiger partial charge in [0.1, 0.15) is 17.5 Å². The van der Waals surface area contributed by atoms with E-state index in [0.29, 0.717) is 0 Å². The maximum Gasteiger partial charge on any atom is 0.130 e. The highest BCUT2D eigenvalue weighted by Crippen LogP contribution is 2.17. The molecule has 0 fully saturated rings. The molecule has 0 aliphatic carbocycles. The third-order valence-corrected chi connectivity index (χ3v) is 3.22. The summed E-state index contributed by atoms with van der Waals surface area (Å²) in [4.78, 5) is 13.1. The zero-order valence-corrected chi connectivity index (χ0v) is 10.8. The Morgan fingerprint density at radius 3 is 3.06 bits per heavy atom. The van der Waals surface area contributed by atoms with Gasteiger partial charge in [0, 0.05) is 24.7 Å². The fourth-order valence-corrected chi connectivity index (χ4v) is 2.45. The van der Waals surface area contributed by atoms with Gasteiger partial charge in [-0.2, -0.15) is 0 Å². The largest absolute Gasteiger partial charge is 0.364 e. The summed E-state index contributed by atoms with van der Waals surface area (Å²) in [6.07, 6.45) is 4.27. The number of aromatic nitrogens is 4. The molecule has 0 spiro atoms. The average molecular weight is 243 g/mol. The first-order chi connectivity index (χ1) is 8.72. The maximum atomic E-state index is 4.43. The molecule has 2 aromatic heterocycles. The highest BCUT2D eigenvalue weighted by atomic mass is 15.1. The van der Waals surface area contributed by atoms with Crippen LogP contribution in [-0.2, 0) is 19.5 Å². The molecule has 94 valence electrons. The Bertz CT molecular complexity index is 553. The van der Waals surface area contributed by atoms with Crippen LogP contribution in [0.4, 0.5) is 5.82 Å². The summed E-state index contributed by atoms with van der Waals surface area (Å²) >= 11 is 0. The van der Waals surface area contributed by atoms with E-state index >= 15 is 0 Å². The van der Waals surface area contributed by atoms with Crippen molar-refractivity contribution in [2.45, 2.75) is 39.8 Å². The lowest BCUT2D eigenvalue weighted by atomic mass is 10.3. The second-order valence-corrected chi connectivity index (χ2v) is 4.72. The van der Waals surface area contributed by atoms with Gasteiger partial charge < -0.3 is 9.88 Å². The molecule has 1 aliphatic heterocycles. The quantitative estimate of drug-likeness (QED) is 0.893. The Labute approximate surface area is 106 Å². The molecule has 0 amide bonds. The van der Waals surface area contributed by atoms with Crippen molar-refractivity contribution in [1.29, 1.82) is 0 Å². The van der Waals surface area contributed by atoms with Crippen LogP contribution in [0.15, 0.2) is 12.3 Å². The molecule has 5 nitrogen and oxygen atoms in total. The maximum absolute atomic E-state index is 4.43. The van der Waals surface area contributed by atoms with Crippen LogP contribution in [0.25, 0.3) is 0 Å². The van der Waals surface area contributed by atoms with Gasteiger partial charge in [-0.05, 0) is 20.3 Å². The van der Waals surface area contributed by atoms with Crippen LogP contribution in [0.5, 0.6) is 0 Å². The van der Waals surface area contributed by atoms with E-state index in [-0.39, 0.29) is 0 Å². The predicted octanol–water partition coefficient (Wildman–Crippen LogP) is 1.85. The highest BCUT2D eigenvalue weighted by molar-refractivity contribution is 5.36. The molecule has 18 heavy (non-hydrogen) atoms. The van der Waals surface area contributed by atoms with Gasteiger partial charge in [-0.1, -0.05) is 0 Å². The number of nitrogens with zero attached hydrogens (tertiary/aromatic N) is 4. The minimum absolute atomic E-state index is 0.767. The Morgan fingerprint density at radius 2 is 2.22 bits per heavy atom. The van der Waals surface area contributed by atoms with Crippen LogP contribution in [0, 0.1) is 13.8 Å². The van der Waals surface area contributed by atoms with Gasteiger partial charge in [0.25, 0.3) is 0 Å². The summed E-state index contributed by atoms with van der Waals surface area (Å²) in [5.74, 6) is 2.89. The second-order valence-electron chi connectivity index (χ2n) is 4.72. The summed E-state index contributed by atoms with van der Waals surface area (Å²) in [6.45, 7) is 5.75. The first-order valence-electron chi connectivity index (χ1n) is 6.32. The van der Waals surface area contributed by atoms with E-state index < -0.39 is 0 Å². The molecule has 0 aromatic carbocycles. The summed E-state index contributed by atoms with van der Waals surface area (Å²) < 4.78 is 2.30. The van der Waals surface area contributed by atoms with Crippen LogP contribution in [0.3, 0.4) is 0 Å². The van der Waals surface area contributed by atoms with Crippen molar-refractivity contribution in [3.63, 3.8) is 0 Å². The van der Waals surface area contributed by atoms with E-state index in [4.69, 9.17) is 0 Å². The van der Waals surface area contributed by atoms with Crippen molar-refractivity contribution < 1.29 is 0 Å². The third kappa shape index (κ3) is 2.08. The van der Waals surface area contributed by atoms with Crippen molar-refractivity contribution >= 4 is 5.82 Å². The zero-order chi connectivity index (χ0) is 12.5. The second kappa shape index (κ2) is 4.40. The lowest BCUT2D eigenvalue weighted by Gasteiger charge is -2.08. The lowest BCUT2D eigenvalue weighted by molar-refractivity contribution is 0.713. The first-order valence-corrected chi connectivity index (χ1v) is 6.32. The van der Waals surface area contributed by atoms with Crippen LogP contribution < -0.4 is 5.32 Å². The van der Waals surface area contributed by atoms with Gasteiger partial charge in [0.15, 0.2) is 0 Å². The van der Waals surface area contributed by atoms with E-state index in [2.05, 4.69) is 24.8 Å². The number of fused-ring (bicyclic) bond motifs is 1. The van der Waals surface area contributed by atoms with Crippen LogP contribution in [-0.4, -0.2) is 19.5 Å². The first kappa shape index (κ1) is 11.2. The Morgan fingerprint density at radius 1 is 1.33 bits per heavy atom. The zero-order valence-electron chi connectivity index (χ0n) is 10.8. The van der Waals surface area contributed by atoms with Crippen LogP contribution >= 0.6 is 0 Å². The smallest absolute Gasteiger partial charge is 0.130 e. The van der Waals surface area contributed by atoms with Crippen molar-refractivity contribution in [3.8, 4) is 0 Å². The minimum atomic E-state index is 0.767. The van der Waals surface area contributed by atoms with E-state index in [1.807, 2.05) is 26.1 Å². The SMILES string of the molecule is Cc1cc(NCc2cnc3n2CCC3)nc(C)n1. The molecule has 0 saturated heterocycles. The predicted molar refractivity (Wildman–Crippen MR) is 69.4 cm³/mol. The molecule has 3 rings (SSSR count). The molecule has 0 atom stereocenters. The molecule has 5 heteroatoms. The van der Waals surface area contributed by atoms with E-state index in [9.17, 15) is 0 Å². The number of hydrogen-bond donors (Lipinski definition) is 1. The number of hydrogen-bond acceptors (Lipinski definition) is 4. The molecule has 0 bridgehead atoms. The molecule has 1 aliphatic rings. The van der Waals surface area contributed by atoms with Crippen molar-refractivity contribution in [1.82, 2.24) is 19.5 Å². The van der Waals surface area contributed by atoms with E-state index in [1.54, 1.807) is 0 Å². The van der Waals surface area contributed by atoms with Gasteiger partial charge >= 0.3 is 0 Å². The highest BCUT2D eigenvalue weighted by Gasteiger charge is 2.15. The molecule has 0 saturated carbocycles. The topological polar surface area (TPSA) is 55.6 Å². The number of nitrogens with one attached hydrogen (secondary N) is 1. The molecule has 2 aromatic rings. The molecule has 0 radical (unpaired) electrons. The monoisotopic (exact) mass is 243 g/mol. The number of aryl methyl sites for hydroxylation is 3. The molecular formula is C13H17N5. The fourth-order valence-electron chi connectivity index (χ4n) is 2.45. The molecule has 1 N–H and O–H groups in total. The minimum Gasteiger partial charge on any atom is -0.364 e. The average Bonchev–Trinajstić information content (AvgIpc) is 2.87. The standard InChI is InChI=1S/C13H17N5/c1-9-6-12(17-10(2)16-9)14-7-11-8-15-13-4-3-5-18(11)13/h6,8H,3-5,7H2,1-2H3,(H,14,16,17).